The highest BCUT2D eigenvalue weighted by atomic mass is 79.9. The van der Waals surface area contributed by atoms with E-state index in [-0.39, 0.29) is 18.2 Å². The number of hydrogen-bond donors (Lipinski definition) is 3. The third kappa shape index (κ3) is 7.11. The first-order valence-corrected chi connectivity index (χ1v) is 13.0. The molecule has 200 valence electrons. The number of urea groups is 1. The van der Waals surface area contributed by atoms with Gasteiger partial charge < -0.3 is 20.7 Å². The summed E-state index contributed by atoms with van der Waals surface area (Å²) in [5, 5.41) is 8.04. The number of carbonyl (C=O) groups is 4. The highest BCUT2D eigenvalue weighted by Gasteiger charge is 2.35. The van der Waals surface area contributed by atoms with Crippen molar-refractivity contribution in [2.75, 3.05) is 23.8 Å². The summed E-state index contributed by atoms with van der Waals surface area (Å²) in [4.78, 5) is 50.9. The number of anilines is 2. The molecule has 0 atom stereocenters. The lowest BCUT2D eigenvalue weighted by Crippen LogP contribution is -2.38. The summed E-state index contributed by atoms with van der Waals surface area (Å²) in [6.45, 7) is 3.33. The molecule has 0 radical (unpaired) electrons. The number of nitrogens with one attached hydrogen (secondary N) is 3. The van der Waals surface area contributed by atoms with Crippen molar-refractivity contribution in [3.63, 3.8) is 0 Å². The van der Waals surface area contributed by atoms with Crippen LogP contribution in [-0.2, 0) is 20.8 Å². The third-order valence-corrected chi connectivity index (χ3v) is 6.52. The predicted octanol–water partition coefficient (Wildman–Crippen LogP) is 4.87. The van der Waals surface area contributed by atoms with E-state index in [2.05, 4.69) is 31.9 Å². The van der Waals surface area contributed by atoms with E-state index >= 15 is 0 Å². The van der Waals surface area contributed by atoms with Gasteiger partial charge in [0, 0.05) is 11.4 Å². The lowest BCUT2D eigenvalue weighted by atomic mass is 10.1. The molecule has 3 aromatic rings. The van der Waals surface area contributed by atoms with Crippen LogP contribution in [0.2, 0.25) is 0 Å². The summed E-state index contributed by atoms with van der Waals surface area (Å²) < 4.78 is 6.17. The maximum Gasteiger partial charge on any atom is 0.329 e. The average Bonchev–Trinajstić information content (AvgIpc) is 3.17. The summed E-state index contributed by atoms with van der Waals surface area (Å²) in [5.74, 6) is -0.957. The van der Waals surface area contributed by atoms with Gasteiger partial charge in [-0.3, -0.25) is 14.4 Å². The van der Waals surface area contributed by atoms with Crippen LogP contribution in [0.15, 0.2) is 76.9 Å². The molecule has 3 aromatic carbocycles. The Kier molecular flexibility index (Phi) is 8.77. The maximum atomic E-state index is 12.8. The zero-order valence-electron chi connectivity index (χ0n) is 21.4. The van der Waals surface area contributed by atoms with Gasteiger partial charge in [0.2, 0.25) is 5.91 Å². The summed E-state index contributed by atoms with van der Waals surface area (Å²) >= 11 is 3.41. The molecule has 1 fully saturated rings. The fourth-order valence-corrected chi connectivity index (χ4v) is 4.38. The Morgan fingerprint density at radius 2 is 1.74 bits per heavy atom. The molecular weight excluding hydrogens is 564 g/mol. The molecule has 3 N–H and O–H groups in total. The average molecular weight is 591 g/mol. The van der Waals surface area contributed by atoms with Crippen LogP contribution in [0.4, 0.5) is 16.2 Å². The number of rotatable bonds is 9. The summed E-state index contributed by atoms with van der Waals surface area (Å²) in [7, 11) is 0. The van der Waals surface area contributed by atoms with Crippen molar-refractivity contribution in [2.45, 2.75) is 20.3 Å². The minimum Gasteiger partial charge on any atom is -0.483 e. The quantitative estimate of drug-likeness (QED) is 0.243. The monoisotopic (exact) mass is 590 g/mol. The standard InChI is InChI=1S/C29H27BrN4O5/c1-3-20-6-4-5-7-23(20)32-26(35)16-34-28(37)24(33-29(34)38)15-19-10-13-25(22(30)14-19)39-17-27(36)31-21-11-8-18(2)9-12-21/h4-15H,3,16-17H2,1-2H3,(H,31,36)(H,32,35)(H,33,38)/b24-15+. The van der Waals surface area contributed by atoms with E-state index in [4.69, 9.17) is 4.74 Å². The van der Waals surface area contributed by atoms with Gasteiger partial charge in [-0.25, -0.2) is 9.69 Å². The van der Waals surface area contributed by atoms with Crippen LogP contribution in [0.1, 0.15) is 23.6 Å². The first kappa shape index (κ1) is 27.6. The predicted molar refractivity (Wildman–Crippen MR) is 152 cm³/mol. The van der Waals surface area contributed by atoms with Crippen molar-refractivity contribution in [1.29, 1.82) is 0 Å². The van der Waals surface area contributed by atoms with Gasteiger partial charge in [0.1, 0.15) is 18.0 Å². The van der Waals surface area contributed by atoms with E-state index < -0.39 is 24.4 Å². The van der Waals surface area contributed by atoms with Crippen LogP contribution < -0.4 is 20.7 Å². The molecule has 39 heavy (non-hydrogen) atoms. The van der Waals surface area contributed by atoms with E-state index in [9.17, 15) is 19.2 Å². The van der Waals surface area contributed by atoms with Crippen LogP contribution in [-0.4, -0.2) is 41.8 Å². The van der Waals surface area contributed by atoms with Gasteiger partial charge in [-0.1, -0.05) is 48.9 Å². The van der Waals surface area contributed by atoms with Gasteiger partial charge in [-0.05, 0) is 76.8 Å². The van der Waals surface area contributed by atoms with Crippen LogP contribution in [0, 0.1) is 6.92 Å². The Morgan fingerprint density at radius 3 is 2.46 bits per heavy atom. The minimum absolute atomic E-state index is 0.0415. The van der Waals surface area contributed by atoms with Crippen LogP contribution in [0.5, 0.6) is 5.75 Å². The number of para-hydroxylation sites is 1. The number of hydrogen-bond acceptors (Lipinski definition) is 5. The largest absolute Gasteiger partial charge is 0.483 e. The first-order valence-electron chi connectivity index (χ1n) is 12.2. The Labute approximate surface area is 234 Å². The summed E-state index contributed by atoms with van der Waals surface area (Å²) in [6.07, 6.45) is 2.23. The van der Waals surface area contributed by atoms with Crippen molar-refractivity contribution in [3.8, 4) is 5.75 Å². The molecule has 0 spiro atoms. The number of benzene rings is 3. The van der Waals surface area contributed by atoms with Gasteiger partial charge in [0.25, 0.3) is 11.8 Å². The fourth-order valence-electron chi connectivity index (χ4n) is 3.87. The maximum absolute atomic E-state index is 12.8. The number of halogens is 1. The number of nitrogens with zero attached hydrogens (tertiary/aromatic N) is 1. The Morgan fingerprint density at radius 1 is 1.00 bits per heavy atom. The molecule has 5 amide bonds. The van der Waals surface area contributed by atoms with E-state index in [0.29, 0.717) is 27.2 Å². The van der Waals surface area contributed by atoms with Crippen molar-refractivity contribution in [3.05, 3.63) is 93.6 Å². The topological polar surface area (TPSA) is 117 Å². The van der Waals surface area contributed by atoms with Gasteiger partial charge in [-0.15, -0.1) is 0 Å². The Balaban J connectivity index is 1.35. The SMILES string of the molecule is CCc1ccccc1NC(=O)CN1C(=O)N/C(=C/c2ccc(OCC(=O)Nc3ccc(C)cc3)c(Br)c2)C1=O. The highest BCUT2D eigenvalue weighted by molar-refractivity contribution is 9.10. The highest BCUT2D eigenvalue weighted by Crippen LogP contribution is 2.27. The second-order valence-corrected chi connectivity index (χ2v) is 9.69. The normalized spacial score (nSPS) is 13.8. The van der Waals surface area contributed by atoms with Gasteiger partial charge in [0.15, 0.2) is 6.61 Å². The lowest BCUT2D eigenvalue weighted by molar-refractivity contribution is -0.127. The van der Waals surface area contributed by atoms with Crippen molar-refractivity contribution >= 4 is 57.1 Å². The lowest BCUT2D eigenvalue weighted by Gasteiger charge is -2.13. The smallest absolute Gasteiger partial charge is 0.329 e. The molecule has 0 aliphatic carbocycles. The first-order chi connectivity index (χ1) is 18.7. The van der Waals surface area contributed by atoms with Gasteiger partial charge >= 0.3 is 6.03 Å². The molecule has 10 heteroatoms. The molecule has 0 unspecified atom stereocenters. The number of imide groups is 1. The molecule has 1 aliphatic rings. The third-order valence-electron chi connectivity index (χ3n) is 5.90. The molecular formula is C29H27BrN4O5. The molecule has 1 heterocycles. The Hall–Kier alpha value is -4.44. The molecule has 4 rings (SSSR count). The molecule has 9 nitrogen and oxygen atoms in total. The zero-order chi connectivity index (χ0) is 27.9. The van der Waals surface area contributed by atoms with Crippen LogP contribution in [0.3, 0.4) is 0 Å². The zero-order valence-corrected chi connectivity index (χ0v) is 23.0. The minimum atomic E-state index is -0.677. The summed E-state index contributed by atoms with van der Waals surface area (Å²) in [5.41, 5.74) is 4.01. The molecule has 0 saturated carbocycles. The number of aryl methyl sites for hydroxylation is 2. The molecule has 0 aromatic heterocycles. The number of amides is 5. The second-order valence-electron chi connectivity index (χ2n) is 8.83. The van der Waals surface area contributed by atoms with Crippen LogP contribution in [0.25, 0.3) is 6.08 Å². The van der Waals surface area contributed by atoms with E-state index in [1.807, 2.05) is 50.2 Å². The van der Waals surface area contributed by atoms with Crippen molar-refractivity contribution < 1.29 is 23.9 Å². The van der Waals surface area contributed by atoms with E-state index in [1.165, 1.54) is 6.08 Å². The second kappa shape index (κ2) is 12.4. The van der Waals surface area contributed by atoms with Gasteiger partial charge in [-0.2, -0.15) is 0 Å². The van der Waals surface area contributed by atoms with E-state index in [0.717, 1.165) is 22.4 Å². The summed E-state index contributed by atoms with van der Waals surface area (Å²) in [6, 6.07) is 19.1. The van der Waals surface area contributed by atoms with Gasteiger partial charge in [0.05, 0.1) is 4.47 Å². The molecule has 0 bridgehead atoms. The van der Waals surface area contributed by atoms with Crippen LogP contribution >= 0.6 is 15.9 Å². The molecule has 1 aliphatic heterocycles. The fraction of sp³-hybridized carbons (Fsp3) is 0.172. The Bertz CT molecular complexity index is 1450. The van der Waals surface area contributed by atoms with Crippen molar-refractivity contribution in [2.24, 2.45) is 0 Å². The molecule has 1 saturated heterocycles. The van der Waals surface area contributed by atoms with E-state index in [1.54, 1.807) is 30.3 Å². The number of carbonyl (C=O) groups excluding carboxylic acids is 4. The number of ether oxygens (including phenoxy) is 1. The van der Waals surface area contributed by atoms with Crippen molar-refractivity contribution in [1.82, 2.24) is 10.2 Å².